The summed E-state index contributed by atoms with van der Waals surface area (Å²) in [6.07, 6.45) is 0.0167. The number of benzene rings is 1. The minimum absolute atomic E-state index is 0.00455. The van der Waals surface area contributed by atoms with Crippen molar-refractivity contribution < 1.29 is 8.78 Å². The quantitative estimate of drug-likeness (QED) is 0.497. The minimum Gasteiger partial charge on any atom is -0.306 e. The zero-order chi connectivity index (χ0) is 19.7. The maximum atomic E-state index is 13.6. The number of thioether (sulfide) groups is 1. The van der Waals surface area contributed by atoms with Crippen molar-refractivity contribution >= 4 is 22.8 Å². The van der Waals surface area contributed by atoms with Crippen LogP contribution in [-0.2, 0) is 19.4 Å². The van der Waals surface area contributed by atoms with Crippen molar-refractivity contribution in [2.24, 2.45) is 0 Å². The van der Waals surface area contributed by atoms with Gasteiger partial charge in [-0.15, -0.1) is 11.8 Å². The number of nitriles is 1. The summed E-state index contributed by atoms with van der Waals surface area (Å²) in [6, 6.07) is 9.41. The number of pyridine rings is 1. The van der Waals surface area contributed by atoms with E-state index < -0.39 is 6.43 Å². The topological polar surface area (TPSA) is 74.5 Å². The number of alkyl halides is 2. The Hall–Kier alpha value is -2.66. The second kappa shape index (κ2) is 7.76. The smallest absolute Gasteiger partial charge is 0.306 e. The molecule has 0 bridgehead atoms. The second-order valence-corrected chi connectivity index (χ2v) is 7.78. The molecule has 0 fully saturated rings. The number of halogens is 2. The van der Waals surface area contributed by atoms with Crippen LogP contribution in [0.4, 0.5) is 8.78 Å². The number of aromatic nitrogens is 3. The van der Waals surface area contributed by atoms with E-state index in [1.54, 1.807) is 4.57 Å². The standard InChI is InChI=1S/C20H18F2N4OS/c21-18(22)17-12-5-3-7-14(12)24-19(13(17)11-23)28-10-4-9-26-16-8-2-1-6-15(16)25-20(26)27/h1-2,6,8,18H,3-5,7,9-10H2,(H,25,27). The van der Waals surface area contributed by atoms with Gasteiger partial charge in [-0.1, -0.05) is 12.1 Å². The normalized spacial score (nSPS) is 13.2. The summed E-state index contributed by atoms with van der Waals surface area (Å²) in [6.45, 7) is 0.504. The average Bonchev–Trinajstić information content (AvgIpc) is 3.27. The van der Waals surface area contributed by atoms with Crippen LogP contribution >= 0.6 is 11.8 Å². The van der Waals surface area contributed by atoms with Gasteiger partial charge < -0.3 is 4.98 Å². The van der Waals surface area contributed by atoms with E-state index >= 15 is 0 Å². The van der Waals surface area contributed by atoms with E-state index in [0.29, 0.717) is 47.8 Å². The van der Waals surface area contributed by atoms with Crippen molar-refractivity contribution in [2.45, 2.75) is 43.7 Å². The van der Waals surface area contributed by atoms with Gasteiger partial charge in [0.1, 0.15) is 11.1 Å². The maximum absolute atomic E-state index is 13.6. The number of nitrogens with zero attached hydrogens (tertiary/aromatic N) is 3. The molecule has 0 atom stereocenters. The lowest BCUT2D eigenvalue weighted by atomic mass is 10.0. The molecular formula is C20H18F2N4OS. The summed E-state index contributed by atoms with van der Waals surface area (Å²) in [7, 11) is 0. The van der Waals surface area contributed by atoms with Gasteiger partial charge in [-0.25, -0.2) is 18.6 Å². The molecule has 0 saturated carbocycles. The van der Waals surface area contributed by atoms with E-state index in [-0.39, 0.29) is 16.8 Å². The molecule has 1 aliphatic rings. The number of hydrogen-bond acceptors (Lipinski definition) is 4. The summed E-state index contributed by atoms with van der Waals surface area (Å²) in [5, 5.41) is 9.83. The Morgan fingerprint density at radius 1 is 1.32 bits per heavy atom. The number of rotatable bonds is 6. The largest absolute Gasteiger partial charge is 0.326 e. The fourth-order valence-corrected chi connectivity index (χ4v) is 4.70. The predicted molar refractivity (Wildman–Crippen MR) is 104 cm³/mol. The van der Waals surface area contributed by atoms with Crippen LogP contribution in [0.1, 0.15) is 41.7 Å². The van der Waals surface area contributed by atoms with Crippen LogP contribution in [0, 0.1) is 11.3 Å². The Bertz CT molecular complexity index is 1130. The zero-order valence-corrected chi connectivity index (χ0v) is 15.9. The highest BCUT2D eigenvalue weighted by Gasteiger charge is 2.28. The maximum Gasteiger partial charge on any atom is 0.326 e. The number of aryl methyl sites for hydroxylation is 2. The molecule has 0 saturated heterocycles. The molecule has 1 N–H and O–H groups in total. The van der Waals surface area contributed by atoms with E-state index in [9.17, 15) is 18.8 Å². The van der Waals surface area contributed by atoms with E-state index in [1.807, 2.05) is 30.3 Å². The first-order valence-electron chi connectivity index (χ1n) is 9.14. The highest BCUT2D eigenvalue weighted by molar-refractivity contribution is 7.99. The first-order chi connectivity index (χ1) is 13.6. The Morgan fingerprint density at radius 2 is 2.14 bits per heavy atom. The van der Waals surface area contributed by atoms with Crippen LogP contribution in [0.25, 0.3) is 11.0 Å². The zero-order valence-electron chi connectivity index (χ0n) is 15.0. The van der Waals surface area contributed by atoms with Crippen LogP contribution in [-0.4, -0.2) is 20.3 Å². The molecule has 1 aliphatic carbocycles. The fourth-order valence-electron chi connectivity index (χ4n) is 3.76. The monoisotopic (exact) mass is 400 g/mol. The van der Waals surface area contributed by atoms with Crippen molar-refractivity contribution in [3.63, 3.8) is 0 Å². The molecule has 0 unspecified atom stereocenters. The molecular weight excluding hydrogens is 382 g/mol. The first-order valence-corrected chi connectivity index (χ1v) is 10.1. The highest BCUT2D eigenvalue weighted by Crippen LogP contribution is 2.37. The molecule has 0 radical (unpaired) electrons. The molecule has 2 aromatic heterocycles. The highest BCUT2D eigenvalue weighted by atomic mass is 32.2. The SMILES string of the molecule is N#Cc1c(SCCCn2c(=O)[nH]c3ccccc32)nc2c(c1C(F)F)CCC2. The molecule has 2 heterocycles. The lowest BCUT2D eigenvalue weighted by molar-refractivity contribution is 0.149. The van der Waals surface area contributed by atoms with Crippen LogP contribution in [0.15, 0.2) is 34.1 Å². The molecule has 5 nitrogen and oxygen atoms in total. The molecule has 0 amide bonds. The number of nitrogens with one attached hydrogen (secondary N) is 1. The predicted octanol–water partition coefficient (Wildman–Crippen LogP) is 4.20. The Morgan fingerprint density at radius 3 is 2.93 bits per heavy atom. The second-order valence-electron chi connectivity index (χ2n) is 6.70. The summed E-state index contributed by atoms with van der Waals surface area (Å²) in [5.41, 5.74) is 2.58. The third kappa shape index (κ3) is 3.31. The van der Waals surface area contributed by atoms with Crippen LogP contribution in [0.3, 0.4) is 0 Å². The number of fused-ring (bicyclic) bond motifs is 2. The molecule has 0 spiro atoms. The molecule has 3 aromatic rings. The van der Waals surface area contributed by atoms with Gasteiger partial charge in [0.2, 0.25) is 0 Å². The van der Waals surface area contributed by atoms with Crippen molar-refractivity contribution in [3.8, 4) is 6.07 Å². The first kappa shape index (κ1) is 18.7. The van der Waals surface area contributed by atoms with Crippen molar-refractivity contribution in [1.29, 1.82) is 5.26 Å². The fraction of sp³-hybridized carbons (Fsp3) is 0.350. The van der Waals surface area contributed by atoms with Gasteiger partial charge in [0.15, 0.2) is 0 Å². The number of hydrogen-bond donors (Lipinski definition) is 1. The van der Waals surface area contributed by atoms with E-state index in [0.717, 1.165) is 17.5 Å². The van der Waals surface area contributed by atoms with Gasteiger partial charge in [-0.3, -0.25) is 4.57 Å². The number of aromatic amines is 1. The van der Waals surface area contributed by atoms with Crippen LogP contribution < -0.4 is 5.69 Å². The van der Waals surface area contributed by atoms with E-state index in [1.165, 1.54) is 11.8 Å². The molecule has 0 aliphatic heterocycles. The Balaban J connectivity index is 1.51. The van der Waals surface area contributed by atoms with Crippen molar-refractivity contribution in [2.75, 3.05) is 5.75 Å². The van der Waals surface area contributed by atoms with Gasteiger partial charge in [0.05, 0.1) is 16.6 Å². The average molecular weight is 400 g/mol. The van der Waals surface area contributed by atoms with Crippen LogP contribution in [0.2, 0.25) is 0 Å². The summed E-state index contributed by atoms with van der Waals surface area (Å²) >= 11 is 1.31. The molecule has 1 aromatic carbocycles. The summed E-state index contributed by atoms with van der Waals surface area (Å²) in [4.78, 5) is 19.4. The Labute approximate surface area is 164 Å². The van der Waals surface area contributed by atoms with Gasteiger partial charge in [0.25, 0.3) is 6.43 Å². The molecule has 28 heavy (non-hydrogen) atoms. The van der Waals surface area contributed by atoms with Gasteiger partial charge in [0, 0.05) is 23.6 Å². The van der Waals surface area contributed by atoms with Crippen molar-refractivity contribution in [1.82, 2.24) is 14.5 Å². The minimum atomic E-state index is -2.67. The molecule has 144 valence electrons. The number of para-hydroxylation sites is 2. The lowest BCUT2D eigenvalue weighted by Gasteiger charge is -2.13. The van der Waals surface area contributed by atoms with Gasteiger partial charge >= 0.3 is 5.69 Å². The molecule has 8 heteroatoms. The van der Waals surface area contributed by atoms with E-state index in [4.69, 9.17) is 0 Å². The number of H-pyrrole nitrogens is 1. The third-order valence-electron chi connectivity index (χ3n) is 5.01. The van der Waals surface area contributed by atoms with Gasteiger partial charge in [-0.2, -0.15) is 5.26 Å². The Kier molecular flexibility index (Phi) is 5.18. The van der Waals surface area contributed by atoms with Crippen LogP contribution in [0.5, 0.6) is 0 Å². The third-order valence-corrected chi connectivity index (χ3v) is 6.07. The number of imidazole rings is 1. The molecule has 4 rings (SSSR count). The summed E-state index contributed by atoms with van der Waals surface area (Å²) in [5.74, 6) is 0.578. The summed E-state index contributed by atoms with van der Waals surface area (Å²) < 4.78 is 28.8. The van der Waals surface area contributed by atoms with Gasteiger partial charge in [-0.05, 0) is 43.4 Å². The lowest BCUT2D eigenvalue weighted by Crippen LogP contribution is -2.17. The van der Waals surface area contributed by atoms with E-state index in [2.05, 4.69) is 9.97 Å². The van der Waals surface area contributed by atoms with Crippen molar-refractivity contribution in [3.05, 3.63) is 57.1 Å².